The van der Waals surface area contributed by atoms with Crippen LogP contribution < -0.4 is 14.5 Å². The molecule has 29 heavy (non-hydrogen) atoms. The van der Waals surface area contributed by atoms with Crippen LogP contribution in [0.4, 0.5) is 11.6 Å². The summed E-state index contributed by atoms with van der Waals surface area (Å²) < 4.78 is 5.24. The van der Waals surface area contributed by atoms with Gasteiger partial charge < -0.3 is 19.4 Å². The molecule has 7 nitrogen and oxygen atoms in total. The molecule has 154 valence electrons. The molecule has 1 aromatic heterocycles. The molecular weight excluding hydrogens is 366 g/mol. The van der Waals surface area contributed by atoms with E-state index < -0.39 is 0 Å². The zero-order valence-electron chi connectivity index (χ0n) is 17.3. The van der Waals surface area contributed by atoms with Crippen molar-refractivity contribution in [3.63, 3.8) is 0 Å². The summed E-state index contributed by atoms with van der Waals surface area (Å²) >= 11 is 0. The number of hydrogen-bond acceptors (Lipinski definition) is 6. The Kier molecular flexibility index (Phi) is 5.83. The van der Waals surface area contributed by atoms with Crippen molar-refractivity contribution in [2.24, 2.45) is 5.92 Å². The number of nitrogens with zero attached hydrogens (tertiary/aromatic N) is 5. The first-order valence-corrected chi connectivity index (χ1v) is 10.4. The minimum atomic E-state index is 0.0254. The summed E-state index contributed by atoms with van der Waals surface area (Å²) in [5.74, 6) is 2.24. The van der Waals surface area contributed by atoms with E-state index in [1.807, 2.05) is 17.0 Å². The van der Waals surface area contributed by atoms with Crippen LogP contribution >= 0.6 is 0 Å². The van der Waals surface area contributed by atoms with Crippen molar-refractivity contribution in [2.75, 3.05) is 56.2 Å². The molecule has 0 bridgehead atoms. The van der Waals surface area contributed by atoms with Gasteiger partial charge in [0.05, 0.1) is 7.11 Å². The van der Waals surface area contributed by atoms with Crippen LogP contribution in [-0.2, 0) is 0 Å². The molecule has 0 aliphatic carbocycles. The zero-order chi connectivity index (χ0) is 20.2. The molecule has 0 saturated carbocycles. The molecule has 1 aromatic carbocycles. The second kappa shape index (κ2) is 8.68. The molecule has 0 N–H and O–H groups in total. The van der Waals surface area contributed by atoms with E-state index in [0.29, 0.717) is 17.6 Å². The quantitative estimate of drug-likeness (QED) is 0.793. The lowest BCUT2D eigenvalue weighted by molar-refractivity contribution is 0.0691. The third kappa shape index (κ3) is 4.44. The molecule has 3 heterocycles. The number of hydrogen-bond donors (Lipinski definition) is 0. The third-order valence-electron chi connectivity index (χ3n) is 5.93. The van der Waals surface area contributed by atoms with Gasteiger partial charge >= 0.3 is 0 Å². The van der Waals surface area contributed by atoms with Crippen LogP contribution in [0.15, 0.2) is 36.5 Å². The van der Waals surface area contributed by atoms with Gasteiger partial charge in [-0.15, -0.1) is 0 Å². The summed E-state index contributed by atoms with van der Waals surface area (Å²) in [6.07, 6.45) is 3.84. The average Bonchev–Trinajstić information content (AvgIpc) is 2.79. The number of rotatable bonds is 4. The van der Waals surface area contributed by atoms with E-state index in [2.05, 4.69) is 38.8 Å². The average molecular weight is 396 g/mol. The number of methoxy groups -OCH3 is 1. The van der Waals surface area contributed by atoms with Crippen LogP contribution in [-0.4, -0.2) is 67.2 Å². The zero-order valence-corrected chi connectivity index (χ0v) is 17.3. The Morgan fingerprint density at radius 2 is 1.62 bits per heavy atom. The van der Waals surface area contributed by atoms with Crippen molar-refractivity contribution in [1.82, 2.24) is 14.9 Å². The van der Waals surface area contributed by atoms with Gasteiger partial charge in [-0.2, -0.15) is 0 Å². The van der Waals surface area contributed by atoms with Gasteiger partial charge in [-0.05, 0) is 49.1 Å². The normalized spacial score (nSPS) is 18.1. The second-order valence-corrected chi connectivity index (χ2v) is 7.89. The molecule has 2 aromatic rings. The predicted octanol–water partition coefficient (Wildman–Crippen LogP) is 2.68. The number of ether oxygens (including phenoxy) is 1. The number of carbonyl (C=O) groups is 1. The Hall–Kier alpha value is -2.83. The van der Waals surface area contributed by atoms with Crippen LogP contribution in [0, 0.1) is 5.92 Å². The maximum Gasteiger partial charge on any atom is 0.272 e. The Morgan fingerprint density at radius 1 is 0.966 bits per heavy atom. The standard InChI is InChI=1S/C22H29N5O2/c1-17-8-11-26(12-9-17)21(28)20-7-10-23-22(24-20)27-15-13-25(14-16-27)18-3-5-19(29-2)6-4-18/h3-7,10,17H,8-9,11-16H2,1-2H3. The molecule has 0 radical (unpaired) electrons. The van der Waals surface area contributed by atoms with E-state index in [-0.39, 0.29) is 5.91 Å². The highest BCUT2D eigenvalue weighted by molar-refractivity contribution is 5.92. The maximum absolute atomic E-state index is 12.8. The van der Waals surface area contributed by atoms with Gasteiger partial charge in [0.25, 0.3) is 5.91 Å². The molecule has 0 unspecified atom stereocenters. The number of piperidine rings is 1. The van der Waals surface area contributed by atoms with E-state index >= 15 is 0 Å². The predicted molar refractivity (Wildman–Crippen MR) is 114 cm³/mol. The van der Waals surface area contributed by atoms with Crippen molar-refractivity contribution in [2.45, 2.75) is 19.8 Å². The van der Waals surface area contributed by atoms with Gasteiger partial charge in [0.2, 0.25) is 5.95 Å². The van der Waals surface area contributed by atoms with Gasteiger partial charge in [0.1, 0.15) is 11.4 Å². The Bertz CT molecular complexity index is 825. The molecule has 7 heteroatoms. The summed E-state index contributed by atoms with van der Waals surface area (Å²) in [5, 5.41) is 0. The number of piperazine rings is 1. The summed E-state index contributed by atoms with van der Waals surface area (Å²) in [6, 6.07) is 9.88. The van der Waals surface area contributed by atoms with Gasteiger partial charge in [-0.25, -0.2) is 9.97 Å². The molecular formula is C22H29N5O2. The molecule has 0 spiro atoms. The highest BCUT2D eigenvalue weighted by atomic mass is 16.5. The monoisotopic (exact) mass is 395 g/mol. The van der Waals surface area contributed by atoms with Crippen LogP contribution in [0.1, 0.15) is 30.3 Å². The van der Waals surface area contributed by atoms with Crippen LogP contribution in [0.2, 0.25) is 0 Å². The SMILES string of the molecule is COc1ccc(N2CCN(c3nccc(C(=O)N4CCC(C)CC4)n3)CC2)cc1. The highest BCUT2D eigenvalue weighted by Gasteiger charge is 2.24. The molecule has 2 aliphatic rings. The van der Waals surface area contributed by atoms with Gasteiger partial charge in [0.15, 0.2) is 0 Å². The Labute approximate surface area is 172 Å². The first-order chi connectivity index (χ1) is 14.1. The van der Waals surface area contributed by atoms with E-state index in [1.54, 1.807) is 19.4 Å². The lowest BCUT2D eigenvalue weighted by Gasteiger charge is -2.36. The Balaban J connectivity index is 1.38. The van der Waals surface area contributed by atoms with Gasteiger partial charge in [-0.3, -0.25) is 4.79 Å². The summed E-state index contributed by atoms with van der Waals surface area (Å²) in [5.41, 5.74) is 1.69. The smallest absolute Gasteiger partial charge is 0.272 e. The summed E-state index contributed by atoms with van der Waals surface area (Å²) in [7, 11) is 1.68. The van der Waals surface area contributed by atoms with E-state index in [4.69, 9.17) is 4.74 Å². The second-order valence-electron chi connectivity index (χ2n) is 7.89. The minimum Gasteiger partial charge on any atom is -0.497 e. The number of amides is 1. The van der Waals surface area contributed by atoms with Crippen LogP contribution in [0.3, 0.4) is 0 Å². The number of likely N-dealkylation sites (tertiary alicyclic amines) is 1. The number of carbonyl (C=O) groups excluding carboxylic acids is 1. The largest absolute Gasteiger partial charge is 0.497 e. The lowest BCUT2D eigenvalue weighted by atomic mass is 9.99. The minimum absolute atomic E-state index is 0.0254. The fraction of sp³-hybridized carbons (Fsp3) is 0.500. The fourth-order valence-electron chi connectivity index (χ4n) is 3.95. The van der Waals surface area contributed by atoms with Crippen molar-refractivity contribution >= 4 is 17.5 Å². The van der Waals surface area contributed by atoms with E-state index in [1.165, 1.54) is 5.69 Å². The highest BCUT2D eigenvalue weighted by Crippen LogP contribution is 2.22. The molecule has 1 amide bonds. The maximum atomic E-state index is 12.8. The first-order valence-electron chi connectivity index (χ1n) is 10.4. The molecule has 2 saturated heterocycles. The lowest BCUT2D eigenvalue weighted by Crippen LogP contribution is -2.47. The summed E-state index contributed by atoms with van der Waals surface area (Å²) in [6.45, 7) is 7.31. The van der Waals surface area contributed by atoms with E-state index in [9.17, 15) is 4.79 Å². The molecule has 4 rings (SSSR count). The van der Waals surface area contributed by atoms with Crippen molar-refractivity contribution < 1.29 is 9.53 Å². The Morgan fingerprint density at radius 3 is 2.28 bits per heavy atom. The van der Waals surface area contributed by atoms with Gasteiger partial charge in [-0.1, -0.05) is 6.92 Å². The number of aromatic nitrogens is 2. The molecule has 2 aliphatic heterocycles. The third-order valence-corrected chi connectivity index (χ3v) is 5.93. The fourth-order valence-corrected chi connectivity index (χ4v) is 3.95. The topological polar surface area (TPSA) is 61.8 Å². The van der Waals surface area contributed by atoms with Crippen molar-refractivity contribution in [1.29, 1.82) is 0 Å². The van der Waals surface area contributed by atoms with Crippen LogP contribution in [0.25, 0.3) is 0 Å². The molecule has 2 fully saturated rings. The molecule has 0 atom stereocenters. The number of benzene rings is 1. The summed E-state index contributed by atoms with van der Waals surface area (Å²) in [4.78, 5) is 28.3. The van der Waals surface area contributed by atoms with Crippen molar-refractivity contribution in [3.8, 4) is 5.75 Å². The number of anilines is 2. The van der Waals surface area contributed by atoms with Crippen molar-refractivity contribution in [3.05, 3.63) is 42.2 Å². The van der Waals surface area contributed by atoms with E-state index in [0.717, 1.165) is 57.9 Å². The van der Waals surface area contributed by atoms with Gasteiger partial charge in [0, 0.05) is 51.2 Å². The first kappa shape index (κ1) is 19.5. The van der Waals surface area contributed by atoms with Crippen LogP contribution in [0.5, 0.6) is 5.75 Å².